The predicted octanol–water partition coefficient (Wildman–Crippen LogP) is 1.49. The number of sulfonamides is 1. The first-order valence-corrected chi connectivity index (χ1v) is 9.34. The summed E-state index contributed by atoms with van der Waals surface area (Å²) in [7, 11) is -1.80. The minimum absolute atomic E-state index is 0.220. The van der Waals surface area contributed by atoms with Gasteiger partial charge in [0.2, 0.25) is 10.0 Å². The summed E-state index contributed by atoms with van der Waals surface area (Å²) < 4.78 is 31.4. The number of anilines is 1. The monoisotopic (exact) mass is 323 g/mol. The predicted molar refractivity (Wildman–Crippen MR) is 87.4 cm³/mol. The van der Waals surface area contributed by atoms with Crippen molar-refractivity contribution in [2.45, 2.75) is 25.2 Å². The van der Waals surface area contributed by atoms with Gasteiger partial charge in [-0.3, -0.25) is 9.71 Å². The first kappa shape index (κ1) is 15.1. The van der Waals surface area contributed by atoms with Crippen LogP contribution in [-0.2, 0) is 16.4 Å². The van der Waals surface area contributed by atoms with Gasteiger partial charge < -0.3 is 10.1 Å². The topological polar surface area (TPSA) is 79.8 Å². The van der Waals surface area contributed by atoms with Gasteiger partial charge in [0.25, 0.3) is 0 Å². The number of ether oxygens (including phenoxy) is 1. The lowest BCUT2D eigenvalue weighted by atomic mass is 9.81. The summed E-state index contributed by atoms with van der Waals surface area (Å²) in [6, 6.07) is 3.87. The zero-order valence-electron chi connectivity index (χ0n) is 12.8. The van der Waals surface area contributed by atoms with Gasteiger partial charge in [0.05, 0.1) is 25.6 Å². The quantitative estimate of drug-likeness (QED) is 0.880. The molecule has 1 aliphatic carbocycles. The van der Waals surface area contributed by atoms with Crippen molar-refractivity contribution in [3.63, 3.8) is 0 Å². The summed E-state index contributed by atoms with van der Waals surface area (Å²) in [5.74, 6) is 1.81. The summed E-state index contributed by atoms with van der Waals surface area (Å²) >= 11 is 0. The van der Waals surface area contributed by atoms with Gasteiger partial charge >= 0.3 is 0 Å². The van der Waals surface area contributed by atoms with E-state index in [1.807, 2.05) is 12.1 Å². The average molecular weight is 323 g/mol. The highest BCUT2D eigenvalue weighted by molar-refractivity contribution is 7.92. The van der Waals surface area contributed by atoms with Crippen LogP contribution in [0, 0.1) is 0 Å². The molecule has 1 aliphatic heterocycles. The van der Waals surface area contributed by atoms with Crippen LogP contribution in [-0.4, -0.2) is 40.7 Å². The molecule has 0 saturated heterocycles. The first-order chi connectivity index (χ1) is 10.5. The largest absolute Gasteiger partial charge is 0.495 e. The van der Waals surface area contributed by atoms with E-state index in [2.05, 4.69) is 15.0 Å². The Morgan fingerprint density at radius 1 is 1.41 bits per heavy atom. The molecule has 0 unspecified atom stereocenters. The molecular formula is C15H21N3O3S. The molecule has 1 aromatic carbocycles. The van der Waals surface area contributed by atoms with E-state index in [0.717, 1.165) is 55.6 Å². The Hall–Kier alpha value is -1.76. The van der Waals surface area contributed by atoms with Crippen LogP contribution in [0.2, 0.25) is 0 Å². The molecule has 0 spiro atoms. The third-order valence-electron chi connectivity index (χ3n) is 4.14. The molecule has 6 nitrogen and oxygen atoms in total. The van der Waals surface area contributed by atoms with Gasteiger partial charge in [0.15, 0.2) is 0 Å². The molecule has 120 valence electrons. The Morgan fingerprint density at radius 2 is 2.23 bits per heavy atom. The second-order valence-corrected chi connectivity index (χ2v) is 7.47. The molecule has 7 heteroatoms. The number of fused-ring (bicyclic) bond motifs is 1. The number of nitrogens with one attached hydrogen (secondary N) is 2. The Bertz CT molecular complexity index is 713. The van der Waals surface area contributed by atoms with Gasteiger partial charge in [0, 0.05) is 12.5 Å². The van der Waals surface area contributed by atoms with Crippen LogP contribution >= 0.6 is 0 Å². The summed E-state index contributed by atoms with van der Waals surface area (Å²) in [5, 5.41) is 3.34. The highest BCUT2D eigenvalue weighted by atomic mass is 32.2. The number of nitrogens with zero attached hydrogens (tertiary/aromatic N) is 1. The standard InChI is InChI=1S/C15H21N3O3S/c1-21-13-7-6-10-11(14(13)18-22(2,19)20)4-3-5-12(10)15-16-8-9-17-15/h6-7,12,18H,3-5,8-9H2,1-2H3,(H,16,17)/t12-/m1/s1. The van der Waals surface area contributed by atoms with Crippen LogP contribution in [0.5, 0.6) is 5.75 Å². The fourth-order valence-corrected chi connectivity index (χ4v) is 3.87. The molecule has 0 saturated carbocycles. The third-order valence-corrected chi connectivity index (χ3v) is 4.72. The van der Waals surface area contributed by atoms with E-state index in [1.165, 1.54) is 0 Å². The van der Waals surface area contributed by atoms with Crippen molar-refractivity contribution in [1.82, 2.24) is 5.32 Å². The molecule has 3 rings (SSSR count). The molecule has 1 atom stereocenters. The van der Waals surface area contributed by atoms with Crippen molar-refractivity contribution in [1.29, 1.82) is 0 Å². The van der Waals surface area contributed by atoms with Crippen molar-refractivity contribution >= 4 is 21.5 Å². The number of aliphatic imine (C=N–C) groups is 1. The maximum atomic E-state index is 11.7. The number of rotatable bonds is 4. The summed E-state index contributed by atoms with van der Waals surface area (Å²) in [4.78, 5) is 4.54. The molecule has 1 aromatic rings. The Kier molecular flexibility index (Phi) is 3.99. The van der Waals surface area contributed by atoms with Gasteiger partial charge in [0.1, 0.15) is 11.6 Å². The lowest BCUT2D eigenvalue weighted by Gasteiger charge is -2.28. The van der Waals surface area contributed by atoms with Crippen LogP contribution in [0.1, 0.15) is 29.9 Å². The molecule has 22 heavy (non-hydrogen) atoms. The van der Waals surface area contributed by atoms with E-state index in [1.54, 1.807) is 7.11 Å². The number of amidine groups is 1. The minimum atomic E-state index is -3.36. The normalized spacial score (nSPS) is 20.8. The Morgan fingerprint density at radius 3 is 2.86 bits per heavy atom. The smallest absolute Gasteiger partial charge is 0.229 e. The SMILES string of the molecule is COc1ccc2c(c1NS(C)(=O)=O)CCC[C@H]2C1=NCCN1. The van der Waals surface area contributed by atoms with Crippen molar-refractivity contribution in [2.24, 2.45) is 4.99 Å². The molecule has 0 radical (unpaired) electrons. The minimum Gasteiger partial charge on any atom is -0.495 e. The van der Waals surface area contributed by atoms with Crippen molar-refractivity contribution in [2.75, 3.05) is 31.2 Å². The molecule has 2 aliphatic rings. The van der Waals surface area contributed by atoms with Gasteiger partial charge in [-0.2, -0.15) is 0 Å². The summed E-state index contributed by atoms with van der Waals surface area (Å²) in [6.45, 7) is 1.69. The van der Waals surface area contributed by atoms with Gasteiger partial charge in [-0.25, -0.2) is 8.42 Å². The fourth-order valence-electron chi connectivity index (χ4n) is 3.28. The maximum Gasteiger partial charge on any atom is 0.229 e. The summed E-state index contributed by atoms with van der Waals surface area (Å²) in [6.07, 6.45) is 4.04. The molecule has 0 bridgehead atoms. The molecule has 0 aromatic heterocycles. The Labute approximate surface area is 131 Å². The van der Waals surface area contributed by atoms with E-state index < -0.39 is 10.0 Å². The zero-order chi connectivity index (χ0) is 15.7. The van der Waals surface area contributed by atoms with Crippen molar-refractivity contribution in [3.05, 3.63) is 23.3 Å². The average Bonchev–Trinajstić information content (AvgIpc) is 2.99. The lowest BCUT2D eigenvalue weighted by molar-refractivity contribution is 0.415. The fraction of sp³-hybridized carbons (Fsp3) is 0.533. The number of benzene rings is 1. The van der Waals surface area contributed by atoms with E-state index >= 15 is 0 Å². The maximum absolute atomic E-state index is 11.7. The van der Waals surface area contributed by atoms with Crippen LogP contribution in [0.15, 0.2) is 17.1 Å². The molecular weight excluding hydrogens is 302 g/mol. The zero-order valence-corrected chi connectivity index (χ0v) is 13.7. The third kappa shape index (κ3) is 2.90. The lowest BCUT2D eigenvalue weighted by Crippen LogP contribution is -2.28. The number of hydrogen-bond donors (Lipinski definition) is 2. The number of hydrogen-bond acceptors (Lipinski definition) is 5. The van der Waals surface area contributed by atoms with Crippen LogP contribution in [0.3, 0.4) is 0 Å². The van der Waals surface area contributed by atoms with E-state index in [4.69, 9.17) is 4.74 Å². The molecule has 0 amide bonds. The second kappa shape index (κ2) is 5.79. The number of methoxy groups -OCH3 is 1. The van der Waals surface area contributed by atoms with Gasteiger partial charge in [-0.15, -0.1) is 0 Å². The van der Waals surface area contributed by atoms with Crippen molar-refractivity contribution < 1.29 is 13.2 Å². The van der Waals surface area contributed by atoms with Crippen LogP contribution in [0.4, 0.5) is 5.69 Å². The Balaban J connectivity index is 2.08. The van der Waals surface area contributed by atoms with E-state index in [9.17, 15) is 8.42 Å². The molecule has 1 heterocycles. The van der Waals surface area contributed by atoms with Crippen molar-refractivity contribution in [3.8, 4) is 5.75 Å². The van der Waals surface area contributed by atoms with Gasteiger partial charge in [-0.05, 0) is 36.5 Å². The highest BCUT2D eigenvalue weighted by Gasteiger charge is 2.29. The molecule has 0 fully saturated rings. The molecule has 2 N–H and O–H groups in total. The van der Waals surface area contributed by atoms with E-state index in [0.29, 0.717) is 11.4 Å². The van der Waals surface area contributed by atoms with Gasteiger partial charge in [-0.1, -0.05) is 6.07 Å². The van der Waals surface area contributed by atoms with E-state index in [-0.39, 0.29) is 5.92 Å². The first-order valence-electron chi connectivity index (χ1n) is 7.45. The highest BCUT2D eigenvalue weighted by Crippen LogP contribution is 2.41. The summed E-state index contributed by atoms with van der Waals surface area (Å²) in [5.41, 5.74) is 2.74. The second-order valence-electron chi connectivity index (χ2n) is 5.72. The van der Waals surface area contributed by atoms with Crippen LogP contribution in [0.25, 0.3) is 0 Å². The van der Waals surface area contributed by atoms with Crippen LogP contribution < -0.4 is 14.8 Å².